The Labute approximate surface area is 167 Å². The van der Waals surface area contributed by atoms with Crippen LogP contribution in [0, 0.1) is 0 Å². The Kier molecular flexibility index (Phi) is 13.1. The van der Waals surface area contributed by atoms with Crippen LogP contribution in [0.1, 0.15) is 19.3 Å². The first-order chi connectivity index (χ1) is 13.2. The molecule has 0 saturated carbocycles. The summed E-state index contributed by atoms with van der Waals surface area (Å²) in [7, 11) is 0. The van der Waals surface area contributed by atoms with Crippen molar-refractivity contribution in [1.29, 1.82) is 0 Å². The number of aliphatic hydroxyl groups is 2. The number of thiol groups is 1. The van der Waals surface area contributed by atoms with Crippen molar-refractivity contribution >= 4 is 36.3 Å². The Morgan fingerprint density at radius 2 is 1.32 bits per heavy atom. The van der Waals surface area contributed by atoms with Crippen LogP contribution in [0.3, 0.4) is 0 Å². The van der Waals surface area contributed by atoms with Crippen molar-refractivity contribution < 1.29 is 34.5 Å². The van der Waals surface area contributed by atoms with Gasteiger partial charge in [0.25, 0.3) is 0 Å². The minimum Gasteiger partial charge on any atom is -0.480 e. The number of nitrogens with one attached hydrogen (secondary N) is 3. The smallest absolute Gasteiger partial charge is 0.326 e. The van der Waals surface area contributed by atoms with Gasteiger partial charge in [-0.3, -0.25) is 14.4 Å². The molecule has 162 valence electrons. The Hall–Kier alpha value is -1.93. The van der Waals surface area contributed by atoms with E-state index in [0.29, 0.717) is 19.4 Å². The fourth-order valence-electron chi connectivity index (χ4n) is 2.04. The van der Waals surface area contributed by atoms with Crippen molar-refractivity contribution in [2.45, 2.75) is 43.4 Å². The lowest BCUT2D eigenvalue weighted by Crippen LogP contribution is -2.59. The van der Waals surface area contributed by atoms with E-state index in [1.54, 1.807) is 0 Å². The van der Waals surface area contributed by atoms with Crippen LogP contribution in [0.25, 0.3) is 0 Å². The van der Waals surface area contributed by atoms with Gasteiger partial charge in [-0.25, -0.2) is 4.79 Å². The molecule has 0 heterocycles. The van der Waals surface area contributed by atoms with E-state index in [-0.39, 0.29) is 12.2 Å². The predicted molar refractivity (Wildman–Crippen MR) is 102 cm³/mol. The molecule has 0 spiro atoms. The highest BCUT2D eigenvalue weighted by atomic mass is 32.1. The number of carbonyl (C=O) groups excluding carboxylic acids is 3. The number of aliphatic hydroxyl groups excluding tert-OH is 2. The van der Waals surface area contributed by atoms with Gasteiger partial charge >= 0.3 is 5.97 Å². The van der Waals surface area contributed by atoms with E-state index >= 15 is 0 Å². The highest BCUT2D eigenvalue weighted by Crippen LogP contribution is 2.02. The number of nitrogens with two attached hydrogens (primary N) is 2. The van der Waals surface area contributed by atoms with Gasteiger partial charge in [-0.2, -0.15) is 12.6 Å². The molecular weight excluding hydrogens is 394 g/mol. The van der Waals surface area contributed by atoms with Crippen molar-refractivity contribution in [3.05, 3.63) is 0 Å². The summed E-state index contributed by atoms with van der Waals surface area (Å²) >= 11 is 3.84. The van der Waals surface area contributed by atoms with Crippen LogP contribution in [-0.2, 0) is 19.2 Å². The minimum absolute atomic E-state index is 0.00794. The first-order valence-electron chi connectivity index (χ1n) is 8.63. The Morgan fingerprint density at radius 1 is 0.857 bits per heavy atom. The molecule has 0 bridgehead atoms. The Morgan fingerprint density at radius 3 is 1.71 bits per heavy atom. The third kappa shape index (κ3) is 9.32. The number of hydrogen-bond donors (Lipinski definition) is 9. The summed E-state index contributed by atoms with van der Waals surface area (Å²) < 4.78 is 0. The van der Waals surface area contributed by atoms with E-state index < -0.39 is 61.1 Å². The quantitative estimate of drug-likeness (QED) is 0.0978. The van der Waals surface area contributed by atoms with Crippen molar-refractivity contribution in [2.75, 3.05) is 25.5 Å². The maximum atomic E-state index is 12.2. The van der Waals surface area contributed by atoms with Crippen molar-refractivity contribution in [3.63, 3.8) is 0 Å². The van der Waals surface area contributed by atoms with E-state index in [1.165, 1.54) is 0 Å². The third-order valence-electron chi connectivity index (χ3n) is 3.73. The zero-order chi connectivity index (χ0) is 21.7. The van der Waals surface area contributed by atoms with Crippen LogP contribution >= 0.6 is 12.6 Å². The maximum Gasteiger partial charge on any atom is 0.326 e. The first kappa shape index (κ1) is 26.1. The maximum absolute atomic E-state index is 12.2. The van der Waals surface area contributed by atoms with Gasteiger partial charge in [-0.05, 0) is 25.8 Å². The molecule has 0 aliphatic rings. The molecular formula is C15H29N5O7S. The average molecular weight is 423 g/mol. The van der Waals surface area contributed by atoms with E-state index in [4.69, 9.17) is 16.6 Å². The molecule has 4 unspecified atom stereocenters. The van der Waals surface area contributed by atoms with Crippen LogP contribution < -0.4 is 27.4 Å². The fourth-order valence-corrected chi connectivity index (χ4v) is 2.21. The number of carbonyl (C=O) groups is 4. The number of rotatable bonds is 14. The molecule has 0 radical (unpaired) electrons. The SMILES string of the molecule is NCCCCC(NC(=O)C(CO)NC(=O)C(CO)NC(=O)C(N)CS)C(=O)O. The lowest BCUT2D eigenvalue weighted by Gasteiger charge is -2.23. The monoisotopic (exact) mass is 423 g/mol. The highest BCUT2D eigenvalue weighted by molar-refractivity contribution is 7.80. The normalized spacial score (nSPS) is 15.0. The van der Waals surface area contributed by atoms with Gasteiger partial charge in [0.05, 0.1) is 19.3 Å². The molecule has 10 N–H and O–H groups in total. The molecule has 0 fully saturated rings. The summed E-state index contributed by atoms with van der Waals surface area (Å²) in [5, 5.41) is 34.3. The van der Waals surface area contributed by atoms with Crippen molar-refractivity contribution in [3.8, 4) is 0 Å². The second kappa shape index (κ2) is 14.1. The summed E-state index contributed by atoms with van der Waals surface area (Å²) in [6.07, 6.45) is 1.17. The first-order valence-corrected chi connectivity index (χ1v) is 9.27. The lowest BCUT2D eigenvalue weighted by molar-refractivity contribution is -0.142. The van der Waals surface area contributed by atoms with Gasteiger partial charge in [-0.15, -0.1) is 0 Å². The molecule has 0 aromatic rings. The molecule has 0 aromatic carbocycles. The standard InChI is InChI=1S/C15H29N5O7S/c16-4-2-1-3-9(15(26)27)18-13(24)11(6-22)20-14(25)10(5-21)19-12(23)8(17)7-28/h8-11,21-22,28H,1-7,16-17H2,(H,18,24)(H,19,23)(H,20,25)(H,26,27). The number of amides is 3. The molecule has 0 aliphatic carbocycles. The van der Waals surface area contributed by atoms with E-state index in [2.05, 4.69) is 28.6 Å². The molecule has 0 aliphatic heterocycles. The summed E-state index contributed by atoms with van der Waals surface area (Å²) in [4.78, 5) is 47.3. The minimum atomic E-state index is -1.48. The molecule has 3 amide bonds. The number of carboxylic acids is 1. The second-order valence-corrected chi connectivity index (χ2v) is 6.33. The van der Waals surface area contributed by atoms with Crippen LogP contribution in [0.15, 0.2) is 0 Å². The van der Waals surface area contributed by atoms with E-state index in [0.717, 1.165) is 0 Å². The number of aliphatic carboxylic acids is 1. The van der Waals surface area contributed by atoms with Crippen LogP contribution in [0.5, 0.6) is 0 Å². The van der Waals surface area contributed by atoms with Gasteiger partial charge in [0, 0.05) is 5.75 Å². The van der Waals surface area contributed by atoms with Crippen molar-refractivity contribution in [1.82, 2.24) is 16.0 Å². The molecule has 0 aromatic heterocycles. The van der Waals surface area contributed by atoms with E-state index in [9.17, 15) is 29.4 Å². The number of unbranched alkanes of at least 4 members (excludes halogenated alkanes) is 1. The summed E-state index contributed by atoms with van der Waals surface area (Å²) in [6.45, 7) is -1.23. The molecule has 0 rings (SSSR count). The zero-order valence-electron chi connectivity index (χ0n) is 15.3. The van der Waals surface area contributed by atoms with Gasteiger partial charge < -0.3 is 42.7 Å². The molecule has 12 nitrogen and oxygen atoms in total. The second-order valence-electron chi connectivity index (χ2n) is 5.96. The highest BCUT2D eigenvalue weighted by Gasteiger charge is 2.29. The topological polar surface area (TPSA) is 217 Å². The van der Waals surface area contributed by atoms with Gasteiger partial charge in [0.1, 0.15) is 18.1 Å². The predicted octanol–water partition coefficient (Wildman–Crippen LogP) is -4.10. The van der Waals surface area contributed by atoms with Gasteiger partial charge in [-0.1, -0.05) is 0 Å². The van der Waals surface area contributed by atoms with Crippen molar-refractivity contribution in [2.24, 2.45) is 11.5 Å². The molecule has 4 atom stereocenters. The number of hydrogen-bond acceptors (Lipinski definition) is 9. The molecule has 28 heavy (non-hydrogen) atoms. The summed E-state index contributed by atoms with van der Waals surface area (Å²) in [5.41, 5.74) is 10.8. The Bertz CT molecular complexity index is 537. The zero-order valence-corrected chi connectivity index (χ0v) is 16.2. The Balaban J connectivity index is 4.89. The summed E-state index contributed by atoms with van der Waals surface area (Å²) in [6, 6.07) is -5.12. The van der Waals surface area contributed by atoms with Gasteiger partial charge in [0.15, 0.2) is 0 Å². The van der Waals surface area contributed by atoms with Crippen LogP contribution in [0.4, 0.5) is 0 Å². The fraction of sp³-hybridized carbons (Fsp3) is 0.733. The van der Waals surface area contributed by atoms with Crippen LogP contribution in [-0.4, -0.2) is 88.7 Å². The van der Waals surface area contributed by atoms with Gasteiger partial charge in [0.2, 0.25) is 17.7 Å². The lowest BCUT2D eigenvalue weighted by atomic mass is 10.1. The van der Waals surface area contributed by atoms with Crippen LogP contribution in [0.2, 0.25) is 0 Å². The van der Waals surface area contributed by atoms with E-state index in [1.807, 2.05) is 0 Å². The molecule has 0 saturated heterocycles. The summed E-state index contributed by atoms with van der Waals surface area (Å²) in [5.74, 6) is -3.87. The largest absolute Gasteiger partial charge is 0.480 e. The average Bonchev–Trinajstić information content (AvgIpc) is 2.67. The molecule has 13 heteroatoms. The number of carboxylic acid groups (broad SMARTS) is 1. The third-order valence-corrected chi connectivity index (χ3v) is 4.12.